The van der Waals surface area contributed by atoms with Crippen LogP contribution < -0.4 is 5.32 Å². The molecule has 1 aromatic rings. The standard InChI is InChI=1S/C15H24N2S2/c1-6-15(5)7-8-18-14(17-15)16-11(3)13-9-10(2)19-12(13)4/h9,11H,6-8H2,1-5H3,(H,16,17). The molecule has 2 unspecified atom stereocenters. The molecule has 19 heavy (non-hydrogen) atoms. The average Bonchev–Trinajstić information content (AvgIpc) is 2.69. The first-order valence-corrected chi connectivity index (χ1v) is 8.79. The first-order valence-electron chi connectivity index (χ1n) is 6.99. The van der Waals surface area contributed by atoms with Gasteiger partial charge in [0.1, 0.15) is 0 Å². The van der Waals surface area contributed by atoms with Crippen LogP contribution in [0.2, 0.25) is 0 Å². The van der Waals surface area contributed by atoms with Gasteiger partial charge in [-0.1, -0.05) is 18.7 Å². The monoisotopic (exact) mass is 296 g/mol. The summed E-state index contributed by atoms with van der Waals surface area (Å²) in [6, 6.07) is 2.53. The molecule has 2 nitrogen and oxygen atoms in total. The van der Waals surface area contributed by atoms with Crippen LogP contribution in [-0.4, -0.2) is 16.5 Å². The third-order valence-corrected chi connectivity index (χ3v) is 5.79. The molecule has 2 atom stereocenters. The van der Waals surface area contributed by atoms with Crippen molar-refractivity contribution in [2.75, 3.05) is 5.75 Å². The lowest BCUT2D eigenvalue weighted by Gasteiger charge is -2.35. The number of thioether (sulfide) groups is 1. The molecule has 1 saturated heterocycles. The van der Waals surface area contributed by atoms with Crippen molar-refractivity contribution in [2.45, 2.75) is 59.0 Å². The SMILES string of the molecule is CCC1(C)CCSC(=NC(C)c2cc(C)sc2C)N1. The molecule has 106 valence electrons. The summed E-state index contributed by atoms with van der Waals surface area (Å²) in [5.74, 6) is 1.17. The van der Waals surface area contributed by atoms with Gasteiger partial charge in [-0.2, -0.15) is 0 Å². The molecule has 1 aliphatic rings. The maximum atomic E-state index is 4.90. The lowest BCUT2D eigenvalue weighted by molar-refractivity contribution is 0.389. The van der Waals surface area contributed by atoms with E-state index >= 15 is 0 Å². The third kappa shape index (κ3) is 3.54. The van der Waals surface area contributed by atoms with Gasteiger partial charge in [-0.25, -0.2) is 0 Å². The molecule has 1 fully saturated rings. The van der Waals surface area contributed by atoms with Gasteiger partial charge in [0.25, 0.3) is 0 Å². The minimum atomic E-state index is 0.226. The molecule has 1 aromatic heterocycles. The fourth-order valence-electron chi connectivity index (χ4n) is 2.38. The number of thiophene rings is 1. The predicted octanol–water partition coefficient (Wildman–Crippen LogP) is 4.68. The Morgan fingerprint density at radius 1 is 1.47 bits per heavy atom. The van der Waals surface area contributed by atoms with Gasteiger partial charge in [-0.3, -0.25) is 4.99 Å². The highest BCUT2D eigenvalue weighted by molar-refractivity contribution is 8.13. The Labute approximate surface area is 125 Å². The summed E-state index contributed by atoms with van der Waals surface area (Å²) in [7, 11) is 0. The zero-order valence-electron chi connectivity index (χ0n) is 12.5. The van der Waals surface area contributed by atoms with Crippen molar-refractivity contribution in [3.05, 3.63) is 21.4 Å². The smallest absolute Gasteiger partial charge is 0.157 e. The van der Waals surface area contributed by atoms with E-state index in [0.717, 1.165) is 11.6 Å². The molecule has 1 N–H and O–H groups in total. The number of nitrogens with one attached hydrogen (secondary N) is 1. The fraction of sp³-hybridized carbons (Fsp3) is 0.667. The molecule has 1 aliphatic heterocycles. The van der Waals surface area contributed by atoms with Gasteiger partial charge < -0.3 is 5.32 Å². The Kier molecular flexibility index (Phi) is 4.62. The fourth-order valence-corrected chi connectivity index (χ4v) is 4.69. The van der Waals surface area contributed by atoms with Crippen LogP contribution in [-0.2, 0) is 0 Å². The van der Waals surface area contributed by atoms with Crippen molar-refractivity contribution in [3.8, 4) is 0 Å². The van der Waals surface area contributed by atoms with Crippen LogP contribution >= 0.6 is 23.1 Å². The Bertz CT molecular complexity index is 478. The van der Waals surface area contributed by atoms with E-state index in [1.807, 2.05) is 23.1 Å². The molecule has 0 amide bonds. The largest absolute Gasteiger partial charge is 0.360 e. The number of rotatable bonds is 3. The van der Waals surface area contributed by atoms with E-state index in [1.54, 1.807) is 0 Å². The number of nitrogens with zero attached hydrogens (tertiary/aromatic N) is 1. The van der Waals surface area contributed by atoms with E-state index in [1.165, 1.54) is 27.5 Å². The number of aliphatic imine (C=N–C) groups is 1. The molecular formula is C15H24N2S2. The van der Waals surface area contributed by atoms with Crippen molar-refractivity contribution in [1.82, 2.24) is 5.32 Å². The summed E-state index contributed by atoms with van der Waals surface area (Å²) < 4.78 is 0. The van der Waals surface area contributed by atoms with Gasteiger partial charge >= 0.3 is 0 Å². The van der Waals surface area contributed by atoms with E-state index in [2.05, 4.69) is 46.0 Å². The van der Waals surface area contributed by atoms with E-state index in [-0.39, 0.29) is 11.6 Å². The number of hydrogen-bond donors (Lipinski definition) is 1. The Morgan fingerprint density at radius 3 is 2.79 bits per heavy atom. The average molecular weight is 297 g/mol. The van der Waals surface area contributed by atoms with Crippen molar-refractivity contribution in [2.24, 2.45) is 4.99 Å². The maximum absolute atomic E-state index is 4.90. The lowest BCUT2D eigenvalue weighted by Crippen LogP contribution is -2.48. The third-order valence-electron chi connectivity index (χ3n) is 3.92. The molecule has 0 aliphatic carbocycles. The summed E-state index contributed by atoms with van der Waals surface area (Å²) in [5, 5.41) is 4.74. The summed E-state index contributed by atoms with van der Waals surface area (Å²) in [4.78, 5) is 7.67. The summed E-state index contributed by atoms with van der Waals surface area (Å²) in [5.41, 5.74) is 1.60. The topological polar surface area (TPSA) is 24.4 Å². The minimum Gasteiger partial charge on any atom is -0.360 e. The second-order valence-corrected chi connectivity index (χ2v) is 8.16. The van der Waals surface area contributed by atoms with Crippen LogP contribution in [0.5, 0.6) is 0 Å². The Morgan fingerprint density at radius 2 is 2.21 bits per heavy atom. The molecule has 4 heteroatoms. The van der Waals surface area contributed by atoms with E-state index < -0.39 is 0 Å². The van der Waals surface area contributed by atoms with Crippen LogP contribution in [0.25, 0.3) is 0 Å². The maximum Gasteiger partial charge on any atom is 0.157 e. The Balaban J connectivity index is 2.14. The van der Waals surface area contributed by atoms with Gasteiger partial charge in [-0.05, 0) is 52.2 Å². The van der Waals surface area contributed by atoms with E-state index in [0.29, 0.717) is 0 Å². The van der Waals surface area contributed by atoms with E-state index in [4.69, 9.17) is 4.99 Å². The van der Waals surface area contributed by atoms with Gasteiger partial charge in [-0.15, -0.1) is 11.3 Å². The molecule has 0 aromatic carbocycles. The van der Waals surface area contributed by atoms with Crippen LogP contribution in [0.1, 0.15) is 55.0 Å². The lowest BCUT2D eigenvalue weighted by atomic mass is 9.96. The van der Waals surface area contributed by atoms with Crippen molar-refractivity contribution >= 4 is 28.3 Å². The van der Waals surface area contributed by atoms with Crippen molar-refractivity contribution in [1.29, 1.82) is 0 Å². The molecular weight excluding hydrogens is 272 g/mol. The van der Waals surface area contributed by atoms with Gasteiger partial charge in [0.05, 0.1) is 6.04 Å². The highest BCUT2D eigenvalue weighted by Gasteiger charge is 2.28. The quantitative estimate of drug-likeness (QED) is 0.876. The second kappa shape index (κ2) is 5.88. The molecule has 0 radical (unpaired) electrons. The van der Waals surface area contributed by atoms with Gasteiger partial charge in [0.2, 0.25) is 0 Å². The Hall–Kier alpha value is -0.480. The normalized spacial score (nSPS) is 27.3. The molecule has 0 bridgehead atoms. The first kappa shape index (κ1) is 14.9. The molecule has 2 heterocycles. The number of hydrogen-bond acceptors (Lipinski definition) is 3. The van der Waals surface area contributed by atoms with Crippen LogP contribution in [0.3, 0.4) is 0 Å². The number of amidine groups is 1. The first-order chi connectivity index (χ1) is 8.93. The van der Waals surface area contributed by atoms with Crippen LogP contribution in [0.4, 0.5) is 0 Å². The number of aryl methyl sites for hydroxylation is 2. The van der Waals surface area contributed by atoms with Gasteiger partial charge in [0.15, 0.2) is 5.17 Å². The molecule has 0 saturated carbocycles. The highest BCUT2D eigenvalue weighted by Crippen LogP contribution is 2.31. The predicted molar refractivity (Wildman–Crippen MR) is 88.5 cm³/mol. The zero-order valence-corrected chi connectivity index (χ0v) is 14.2. The molecule has 0 spiro atoms. The zero-order chi connectivity index (χ0) is 14.0. The van der Waals surface area contributed by atoms with Crippen LogP contribution in [0.15, 0.2) is 11.1 Å². The van der Waals surface area contributed by atoms with Gasteiger partial charge in [0, 0.05) is 21.0 Å². The highest BCUT2D eigenvalue weighted by atomic mass is 32.2. The molecule has 2 rings (SSSR count). The van der Waals surface area contributed by atoms with Crippen molar-refractivity contribution in [3.63, 3.8) is 0 Å². The second-order valence-electron chi connectivity index (χ2n) is 5.62. The summed E-state index contributed by atoms with van der Waals surface area (Å²) in [6.07, 6.45) is 2.37. The summed E-state index contributed by atoms with van der Waals surface area (Å²) >= 11 is 3.73. The van der Waals surface area contributed by atoms with E-state index in [9.17, 15) is 0 Å². The van der Waals surface area contributed by atoms with Crippen molar-refractivity contribution < 1.29 is 0 Å². The van der Waals surface area contributed by atoms with Crippen LogP contribution in [0, 0.1) is 13.8 Å². The minimum absolute atomic E-state index is 0.226. The summed E-state index contributed by atoms with van der Waals surface area (Å²) in [6.45, 7) is 11.1.